The van der Waals surface area contributed by atoms with E-state index in [1.807, 2.05) is 19.2 Å². The lowest BCUT2D eigenvalue weighted by Gasteiger charge is -2.36. The molecule has 0 N–H and O–H groups in total. The van der Waals surface area contributed by atoms with Crippen LogP contribution in [0.5, 0.6) is 0 Å². The molecular formula is C15H23NOSi. The largest absolute Gasteiger partial charge is 0.413 e. The van der Waals surface area contributed by atoms with Crippen LogP contribution in [0.4, 0.5) is 0 Å². The number of rotatable bonds is 4. The molecule has 18 heavy (non-hydrogen) atoms. The van der Waals surface area contributed by atoms with Crippen LogP contribution in [0, 0.1) is 11.3 Å². The number of hydrogen-bond donors (Lipinski definition) is 0. The van der Waals surface area contributed by atoms with Crippen LogP contribution in [-0.4, -0.2) is 8.32 Å². The maximum atomic E-state index is 8.73. The average Bonchev–Trinajstić information content (AvgIpc) is 2.35. The molecule has 0 aliphatic rings. The number of benzene rings is 1. The monoisotopic (exact) mass is 264 g/mol. The van der Waals surface area contributed by atoms with Gasteiger partial charge in [0.15, 0.2) is 8.32 Å². The molecule has 0 aliphatic heterocycles. The molecule has 1 aromatic rings. The maximum Gasteiger partial charge on any atom is 0.192 e. The van der Waals surface area contributed by atoms with E-state index in [1.54, 1.807) is 24.3 Å². The Hall–Kier alpha value is -1.11. The van der Waals surface area contributed by atoms with E-state index in [2.05, 4.69) is 20.8 Å². The van der Waals surface area contributed by atoms with Gasteiger partial charge in [0.05, 0.1) is 21.8 Å². The molecule has 0 bridgehead atoms. The van der Waals surface area contributed by atoms with Crippen molar-refractivity contribution in [2.24, 2.45) is 0 Å². The summed E-state index contributed by atoms with van der Waals surface area (Å²) in [5.74, 6) is 0. The Morgan fingerprint density at radius 1 is 1.22 bits per heavy atom. The molecule has 0 amide bonds. The van der Waals surface area contributed by atoms with Crippen LogP contribution in [0.1, 0.15) is 36.0 Å². The second kappa shape index (κ2) is 5.68. The SMILES string of the molecule is [2H]C(C#N)c1ccc(C([2H])([2H])O[Si](C)(C)C(C)(C)C)cc1. The smallest absolute Gasteiger partial charge is 0.192 e. The summed E-state index contributed by atoms with van der Waals surface area (Å²) in [4.78, 5) is 0. The van der Waals surface area contributed by atoms with Crippen LogP contribution in [0.2, 0.25) is 18.1 Å². The fourth-order valence-corrected chi connectivity index (χ4v) is 1.74. The second-order valence-electron chi connectivity index (χ2n) is 5.86. The van der Waals surface area contributed by atoms with E-state index in [0.717, 1.165) is 0 Å². The molecule has 2 nitrogen and oxygen atoms in total. The molecule has 98 valence electrons. The lowest BCUT2D eigenvalue weighted by atomic mass is 10.1. The Kier molecular flexibility index (Phi) is 3.40. The Labute approximate surface area is 116 Å². The minimum Gasteiger partial charge on any atom is -0.413 e. The van der Waals surface area contributed by atoms with Gasteiger partial charge in [-0.2, -0.15) is 5.26 Å². The molecular weight excluding hydrogens is 238 g/mol. The molecule has 0 saturated heterocycles. The Morgan fingerprint density at radius 2 is 1.72 bits per heavy atom. The van der Waals surface area contributed by atoms with Gasteiger partial charge in [-0.15, -0.1) is 0 Å². The fourth-order valence-electron chi connectivity index (χ4n) is 1.06. The summed E-state index contributed by atoms with van der Waals surface area (Å²) in [6, 6.07) is 8.27. The molecule has 0 spiro atoms. The normalized spacial score (nSPS) is 17.2. The lowest BCUT2D eigenvalue weighted by molar-refractivity contribution is 0.276. The van der Waals surface area contributed by atoms with Gasteiger partial charge in [-0.3, -0.25) is 0 Å². The molecule has 1 unspecified atom stereocenters. The standard InChI is InChI=1S/C15H23NOSi/c1-15(2,3)18(4,5)17-12-14-8-6-13(7-9-14)10-11-16/h6-9H,10,12H2,1-5H3/i10D,12D2. The molecule has 0 aliphatic carbocycles. The van der Waals surface area contributed by atoms with Gasteiger partial charge in [0.25, 0.3) is 0 Å². The van der Waals surface area contributed by atoms with Gasteiger partial charge in [0.1, 0.15) is 0 Å². The highest BCUT2D eigenvalue weighted by Crippen LogP contribution is 2.37. The van der Waals surface area contributed by atoms with Gasteiger partial charge in [0, 0.05) is 1.37 Å². The van der Waals surface area contributed by atoms with E-state index in [4.69, 9.17) is 13.8 Å². The summed E-state index contributed by atoms with van der Waals surface area (Å²) < 4.78 is 29.8. The van der Waals surface area contributed by atoms with Crippen LogP contribution in [0.25, 0.3) is 0 Å². The van der Waals surface area contributed by atoms with Crippen molar-refractivity contribution in [2.75, 3.05) is 0 Å². The third-order valence-electron chi connectivity index (χ3n) is 3.37. The lowest BCUT2D eigenvalue weighted by Crippen LogP contribution is -2.40. The molecule has 0 saturated carbocycles. The van der Waals surface area contributed by atoms with Crippen LogP contribution < -0.4 is 0 Å². The topological polar surface area (TPSA) is 33.0 Å². The Balaban J connectivity index is 3.01. The summed E-state index contributed by atoms with van der Waals surface area (Å²) in [7, 11) is -2.23. The highest BCUT2D eigenvalue weighted by molar-refractivity contribution is 6.74. The molecule has 0 radical (unpaired) electrons. The molecule has 3 heteroatoms. The van der Waals surface area contributed by atoms with Crippen LogP contribution in [0.3, 0.4) is 0 Å². The zero-order valence-electron chi connectivity index (χ0n) is 14.7. The van der Waals surface area contributed by atoms with Crippen LogP contribution in [0.15, 0.2) is 24.3 Å². The first-order valence-corrected chi connectivity index (χ1v) is 8.94. The Bertz CT molecular complexity index is 529. The van der Waals surface area contributed by atoms with Gasteiger partial charge >= 0.3 is 0 Å². The summed E-state index contributed by atoms with van der Waals surface area (Å²) in [5, 5.41) is 8.65. The summed E-state index contributed by atoms with van der Waals surface area (Å²) >= 11 is 0. The van der Waals surface area contributed by atoms with Crippen LogP contribution in [-0.2, 0) is 17.4 Å². The summed E-state index contributed by atoms with van der Waals surface area (Å²) in [6.45, 7) is 8.34. The van der Waals surface area contributed by atoms with Gasteiger partial charge in [-0.05, 0) is 29.3 Å². The van der Waals surface area contributed by atoms with Crippen LogP contribution >= 0.6 is 0 Å². The minimum atomic E-state index is -2.23. The molecule has 0 heterocycles. The third kappa shape index (κ3) is 3.97. The van der Waals surface area contributed by atoms with Crippen molar-refractivity contribution in [2.45, 2.75) is 51.9 Å². The molecule has 0 fully saturated rings. The first-order valence-electron chi connectivity index (χ1n) is 7.61. The predicted octanol–water partition coefficient (Wildman–Crippen LogP) is 4.27. The molecule has 0 aromatic heterocycles. The number of nitriles is 1. The van der Waals surface area contributed by atoms with Crippen molar-refractivity contribution >= 4 is 8.32 Å². The average molecular weight is 264 g/mol. The Morgan fingerprint density at radius 3 is 2.17 bits per heavy atom. The highest BCUT2D eigenvalue weighted by atomic mass is 28.4. The van der Waals surface area contributed by atoms with Crippen molar-refractivity contribution in [3.63, 3.8) is 0 Å². The van der Waals surface area contributed by atoms with Gasteiger partial charge in [0.2, 0.25) is 0 Å². The van der Waals surface area contributed by atoms with E-state index in [-0.39, 0.29) is 5.04 Å². The number of hydrogen-bond acceptors (Lipinski definition) is 2. The van der Waals surface area contributed by atoms with E-state index in [0.29, 0.717) is 11.1 Å². The van der Waals surface area contributed by atoms with Gasteiger partial charge in [-0.1, -0.05) is 45.0 Å². The first kappa shape index (κ1) is 10.8. The maximum absolute atomic E-state index is 8.73. The van der Waals surface area contributed by atoms with Gasteiger partial charge < -0.3 is 4.43 Å². The van der Waals surface area contributed by atoms with Crippen molar-refractivity contribution < 1.29 is 8.54 Å². The predicted molar refractivity (Wildman–Crippen MR) is 77.7 cm³/mol. The van der Waals surface area contributed by atoms with Gasteiger partial charge in [-0.25, -0.2) is 0 Å². The van der Waals surface area contributed by atoms with E-state index < -0.39 is 21.3 Å². The highest BCUT2D eigenvalue weighted by Gasteiger charge is 2.36. The van der Waals surface area contributed by atoms with Crippen molar-refractivity contribution in [3.8, 4) is 6.07 Å². The fraction of sp³-hybridized carbons (Fsp3) is 0.533. The third-order valence-corrected chi connectivity index (χ3v) is 7.60. The van der Waals surface area contributed by atoms with E-state index >= 15 is 0 Å². The minimum absolute atomic E-state index is 0.0760. The molecule has 1 atom stereocenters. The first-order chi connectivity index (χ1) is 9.40. The van der Waals surface area contributed by atoms with E-state index in [1.165, 1.54) is 0 Å². The van der Waals surface area contributed by atoms with Crippen molar-refractivity contribution in [1.29, 1.82) is 5.26 Å². The van der Waals surface area contributed by atoms with E-state index in [9.17, 15) is 0 Å². The zero-order valence-corrected chi connectivity index (χ0v) is 12.7. The second-order valence-corrected chi connectivity index (χ2v) is 10.6. The quantitative estimate of drug-likeness (QED) is 0.761. The van der Waals surface area contributed by atoms with Crippen molar-refractivity contribution in [3.05, 3.63) is 35.4 Å². The summed E-state index contributed by atoms with van der Waals surface area (Å²) in [5.41, 5.74) is 0.977. The molecule has 1 aromatic carbocycles. The zero-order chi connectivity index (χ0) is 16.5. The molecule has 1 rings (SSSR count). The van der Waals surface area contributed by atoms with Crippen molar-refractivity contribution in [1.82, 2.24) is 0 Å². The number of nitrogens with zero attached hydrogens (tertiary/aromatic N) is 1. The summed E-state index contributed by atoms with van der Waals surface area (Å²) in [6.07, 6.45) is -0.939.